The van der Waals surface area contributed by atoms with E-state index in [4.69, 9.17) is 14.9 Å². The van der Waals surface area contributed by atoms with Crippen molar-refractivity contribution in [1.29, 1.82) is 0 Å². The van der Waals surface area contributed by atoms with Gasteiger partial charge in [-0.05, 0) is 36.4 Å². The molecular weight excluding hydrogens is 411 g/mol. The van der Waals surface area contributed by atoms with Gasteiger partial charge >= 0.3 is 0 Å². The van der Waals surface area contributed by atoms with Crippen LogP contribution in [0.25, 0.3) is 0 Å². The summed E-state index contributed by atoms with van der Waals surface area (Å²) >= 11 is 0. The number of amides is 1. The molecule has 124 valence electrons. The van der Waals surface area contributed by atoms with Crippen molar-refractivity contribution in [1.82, 2.24) is 5.32 Å². The predicted molar refractivity (Wildman–Crippen MR) is 99.6 cm³/mol. The molecule has 0 unspecified atom stereocenters. The van der Waals surface area contributed by atoms with Crippen molar-refractivity contribution >= 4 is 41.5 Å². The van der Waals surface area contributed by atoms with E-state index in [-0.39, 0.29) is 41.6 Å². The van der Waals surface area contributed by atoms with Crippen molar-refractivity contribution in [3.05, 3.63) is 48.4 Å². The molecule has 1 heterocycles. The van der Waals surface area contributed by atoms with Crippen molar-refractivity contribution in [3.8, 4) is 5.75 Å². The predicted octanol–water partition coefficient (Wildman–Crippen LogP) is 2.06. The molecule has 1 aromatic heterocycles. The number of aliphatic imine (C=N–C) groups is 1. The van der Waals surface area contributed by atoms with E-state index >= 15 is 0 Å². The van der Waals surface area contributed by atoms with Crippen LogP contribution in [0, 0.1) is 0 Å². The van der Waals surface area contributed by atoms with Gasteiger partial charge in [0.2, 0.25) is 0 Å². The second-order valence-corrected chi connectivity index (χ2v) is 4.35. The van der Waals surface area contributed by atoms with Crippen molar-refractivity contribution in [2.75, 3.05) is 25.5 Å². The molecular formula is C15H19IN4O3. The van der Waals surface area contributed by atoms with Crippen LogP contribution in [-0.4, -0.2) is 32.1 Å². The van der Waals surface area contributed by atoms with Crippen LogP contribution in [0.2, 0.25) is 0 Å². The maximum Gasteiger partial charge on any atom is 0.287 e. The molecule has 1 aromatic carbocycles. The minimum absolute atomic E-state index is 0. The quantitative estimate of drug-likeness (QED) is 0.282. The van der Waals surface area contributed by atoms with Crippen LogP contribution in [0.1, 0.15) is 10.6 Å². The first-order chi connectivity index (χ1) is 10.7. The fourth-order valence-electron chi connectivity index (χ4n) is 1.70. The van der Waals surface area contributed by atoms with Crippen LogP contribution in [0.5, 0.6) is 5.75 Å². The normalized spacial score (nSPS) is 10.6. The van der Waals surface area contributed by atoms with Crippen LogP contribution in [0.3, 0.4) is 0 Å². The molecule has 0 atom stereocenters. The molecule has 0 fully saturated rings. The SMILES string of the molecule is COc1ccc(NC(N)=NCCNC(=O)c2ccco2)cc1.I. The Hall–Kier alpha value is -2.23. The van der Waals surface area contributed by atoms with E-state index in [9.17, 15) is 4.79 Å². The standard InChI is InChI=1S/C15H18N4O3.HI/c1-21-12-6-4-11(5-7-12)19-15(16)18-9-8-17-14(20)13-3-2-10-22-13;/h2-7,10H,8-9H2,1H3,(H,17,20)(H3,16,18,19);1H. The molecule has 0 bridgehead atoms. The Bertz CT molecular complexity index is 627. The largest absolute Gasteiger partial charge is 0.497 e. The van der Waals surface area contributed by atoms with Gasteiger partial charge in [0, 0.05) is 12.2 Å². The van der Waals surface area contributed by atoms with Gasteiger partial charge in [0.15, 0.2) is 11.7 Å². The second-order valence-electron chi connectivity index (χ2n) is 4.35. The first-order valence-electron chi connectivity index (χ1n) is 6.72. The van der Waals surface area contributed by atoms with Crippen molar-refractivity contribution in [2.24, 2.45) is 10.7 Å². The summed E-state index contributed by atoms with van der Waals surface area (Å²) in [6.45, 7) is 0.728. The monoisotopic (exact) mass is 430 g/mol. The molecule has 0 aliphatic rings. The molecule has 0 aliphatic carbocycles. The van der Waals surface area contributed by atoms with E-state index in [1.807, 2.05) is 24.3 Å². The van der Waals surface area contributed by atoms with E-state index in [0.717, 1.165) is 11.4 Å². The fraction of sp³-hybridized carbons (Fsp3) is 0.200. The van der Waals surface area contributed by atoms with Crippen LogP contribution in [-0.2, 0) is 0 Å². The van der Waals surface area contributed by atoms with Crippen molar-refractivity contribution < 1.29 is 13.9 Å². The Morgan fingerprint density at radius 3 is 2.65 bits per heavy atom. The van der Waals surface area contributed by atoms with Gasteiger partial charge in [-0.25, -0.2) is 0 Å². The molecule has 0 saturated carbocycles. The lowest BCUT2D eigenvalue weighted by Crippen LogP contribution is -2.28. The molecule has 0 radical (unpaired) electrons. The first kappa shape index (κ1) is 18.8. The lowest BCUT2D eigenvalue weighted by Gasteiger charge is -2.07. The molecule has 2 aromatic rings. The summed E-state index contributed by atoms with van der Waals surface area (Å²) in [5.74, 6) is 1.04. The zero-order valence-corrected chi connectivity index (χ0v) is 14.9. The number of carbonyl (C=O) groups is 1. The number of rotatable bonds is 6. The van der Waals surface area contributed by atoms with Gasteiger partial charge < -0.3 is 25.5 Å². The number of anilines is 1. The van der Waals surface area contributed by atoms with E-state index in [1.54, 1.807) is 19.2 Å². The van der Waals surface area contributed by atoms with Gasteiger partial charge in [0.05, 0.1) is 19.9 Å². The number of halogens is 1. The van der Waals surface area contributed by atoms with Gasteiger partial charge in [0.1, 0.15) is 5.75 Å². The highest BCUT2D eigenvalue weighted by Crippen LogP contribution is 2.14. The number of hydrogen-bond acceptors (Lipinski definition) is 4. The maximum atomic E-state index is 11.6. The summed E-state index contributed by atoms with van der Waals surface area (Å²) in [5, 5.41) is 5.63. The molecule has 0 saturated heterocycles. The molecule has 0 aliphatic heterocycles. The average Bonchev–Trinajstić information content (AvgIpc) is 3.06. The van der Waals surface area contributed by atoms with Gasteiger partial charge in [-0.15, -0.1) is 24.0 Å². The Morgan fingerprint density at radius 2 is 2.04 bits per heavy atom. The Kier molecular flexibility index (Phi) is 7.95. The summed E-state index contributed by atoms with van der Waals surface area (Å²) in [5.41, 5.74) is 6.57. The highest BCUT2D eigenvalue weighted by molar-refractivity contribution is 14.0. The third-order valence-electron chi connectivity index (χ3n) is 2.79. The molecule has 23 heavy (non-hydrogen) atoms. The lowest BCUT2D eigenvalue weighted by atomic mass is 10.3. The van der Waals surface area contributed by atoms with Crippen molar-refractivity contribution in [3.63, 3.8) is 0 Å². The van der Waals surface area contributed by atoms with Crippen LogP contribution < -0.4 is 21.1 Å². The number of guanidine groups is 1. The number of ether oxygens (including phenoxy) is 1. The smallest absolute Gasteiger partial charge is 0.287 e. The Labute approximate surface area is 151 Å². The molecule has 1 amide bonds. The summed E-state index contributed by atoms with van der Waals surface area (Å²) in [6.07, 6.45) is 1.45. The Balaban J connectivity index is 0.00000264. The second kappa shape index (κ2) is 9.72. The fourth-order valence-corrected chi connectivity index (χ4v) is 1.70. The molecule has 0 spiro atoms. The summed E-state index contributed by atoms with van der Waals surface area (Å²) in [7, 11) is 1.61. The number of furan rings is 1. The number of hydrogen-bond donors (Lipinski definition) is 3. The number of benzene rings is 1. The zero-order chi connectivity index (χ0) is 15.8. The summed E-state index contributed by atoms with van der Waals surface area (Å²) in [6, 6.07) is 10.6. The molecule has 4 N–H and O–H groups in total. The highest BCUT2D eigenvalue weighted by Gasteiger charge is 2.06. The number of nitrogens with two attached hydrogens (primary N) is 1. The first-order valence-corrected chi connectivity index (χ1v) is 6.72. The molecule has 8 heteroatoms. The van der Waals surface area contributed by atoms with Gasteiger partial charge in [0.25, 0.3) is 5.91 Å². The van der Waals surface area contributed by atoms with Crippen molar-refractivity contribution in [2.45, 2.75) is 0 Å². The topological polar surface area (TPSA) is 102 Å². The van der Waals surface area contributed by atoms with E-state index in [1.165, 1.54) is 6.26 Å². The van der Waals surface area contributed by atoms with Gasteiger partial charge in [-0.2, -0.15) is 0 Å². The van der Waals surface area contributed by atoms with Crippen LogP contribution in [0.4, 0.5) is 5.69 Å². The maximum absolute atomic E-state index is 11.6. The molecule has 7 nitrogen and oxygen atoms in total. The highest BCUT2D eigenvalue weighted by atomic mass is 127. The van der Waals surface area contributed by atoms with Gasteiger partial charge in [-0.1, -0.05) is 0 Å². The number of nitrogens with zero attached hydrogens (tertiary/aromatic N) is 1. The third-order valence-corrected chi connectivity index (χ3v) is 2.79. The number of nitrogens with one attached hydrogen (secondary N) is 2. The lowest BCUT2D eigenvalue weighted by molar-refractivity contribution is 0.0927. The zero-order valence-electron chi connectivity index (χ0n) is 12.6. The molecule has 2 rings (SSSR count). The number of carbonyl (C=O) groups excluding carboxylic acids is 1. The van der Waals surface area contributed by atoms with Crippen LogP contribution in [0.15, 0.2) is 52.1 Å². The van der Waals surface area contributed by atoms with Crippen LogP contribution >= 0.6 is 24.0 Å². The van der Waals surface area contributed by atoms with Gasteiger partial charge in [-0.3, -0.25) is 9.79 Å². The minimum atomic E-state index is -0.276. The summed E-state index contributed by atoms with van der Waals surface area (Å²) in [4.78, 5) is 15.7. The number of methoxy groups -OCH3 is 1. The van der Waals surface area contributed by atoms with E-state index < -0.39 is 0 Å². The van der Waals surface area contributed by atoms with E-state index in [2.05, 4.69) is 15.6 Å². The van der Waals surface area contributed by atoms with E-state index in [0.29, 0.717) is 13.1 Å². The Morgan fingerprint density at radius 1 is 1.30 bits per heavy atom. The minimum Gasteiger partial charge on any atom is -0.497 e. The average molecular weight is 430 g/mol. The third kappa shape index (κ3) is 6.19. The summed E-state index contributed by atoms with van der Waals surface area (Å²) < 4.78 is 10.0.